The number of nitrogens with zero attached hydrogens (tertiary/aromatic N) is 1. The fourth-order valence-electron chi connectivity index (χ4n) is 1.42. The number of halogens is 1. The van der Waals surface area contributed by atoms with Crippen molar-refractivity contribution in [2.45, 2.75) is 19.8 Å². The molecule has 0 aliphatic rings. The van der Waals surface area contributed by atoms with Crippen LogP contribution in [0, 0.1) is 5.92 Å². The average molecular weight is 258 g/mol. The number of carboxylic acid groups (broad SMARTS) is 1. The first kappa shape index (κ1) is 11.2. The molecule has 4 heteroatoms. The molecule has 1 rings (SSSR count). The zero-order valence-corrected chi connectivity index (χ0v) is 9.65. The lowest BCUT2D eigenvalue weighted by Crippen LogP contribution is -2.17. The molecule has 0 aliphatic carbocycles. The number of hydrogen-bond acceptors (Lipinski definition) is 2. The molecule has 0 aromatic carbocycles. The van der Waals surface area contributed by atoms with Crippen molar-refractivity contribution in [1.29, 1.82) is 0 Å². The standard InChI is InChI=1S/C10H12BrNO2/c1-6(2)9(10(13)14)7-3-4-12-5-8(7)11/h3-6,9H,1-2H3,(H,13,14). The third kappa shape index (κ3) is 2.32. The Morgan fingerprint density at radius 1 is 1.57 bits per heavy atom. The number of pyridine rings is 1. The van der Waals surface area contributed by atoms with Crippen molar-refractivity contribution >= 4 is 21.9 Å². The topological polar surface area (TPSA) is 50.2 Å². The van der Waals surface area contributed by atoms with E-state index in [1.165, 1.54) is 0 Å². The molecule has 1 N–H and O–H groups in total. The van der Waals surface area contributed by atoms with Crippen LogP contribution in [0.2, 0.25) is 0 Å². The van der Waals surface area contributed by atoms with Crippen LogP contribution in [0.3, 0.4) is 0 Å². The maximum Gasteiger partial charge on any atom is 0.311 e. The van der Waals surface area contributed by atoms with Gasteiger partial charge in [-0.2, -0.15) is 0 Å². The number of carbonyl (C=O) groups is 1. The third-order valence-electron chi connectivity index (χ3n) is 2.07. The smallest absolute Gasteiger partial charge is 0.311 e. The highest BCUT2D eigenvalue weighted by Gasteiger charge is 2.25. The SMILES string of the molecule is CC(C)C(C(=O)O)c1ccncc1Br. The first-order chi connectivity index (χ1) is 6.54. The van der Waals surface area contributed by atoms with Gasteiger partial charge in [0.2, 0.25) is 0 Å². The number of hydrogen-bond donors (Lipinski definition) is 1. The summed E-state index contributed by atoms with van der Waals surface area (Å²) in [6.45, 7) is 3.79. The number of aliphatic carboxylic acids is 1. The van der Waals surface area contributed by atoms with Gasteiger partial charge in [-0.25, -0.2) is 0 Å². The molecule has 76 valence electrons. The van der Waals surface area contributed by atoms with Gasteiger partial charge in [0.25, 0.3) is 0 Å². The van der Waals surface area contributed by atoms with Gasteiger partial charge in [-0.05, 0) is 33.5 Å². The Kier molecular flexibility index (Phi) is 3.63. The van der Waals surface area contributed by atoms with E-state index >= 15 is 0 Å². The van der Waals surface area contributed by atoms with E-state index in [1.807, 2.05) is 13.8 Å². The van der Waals surface area contributed by atoms with E-state index in [9.17, 15) is 4.79 Å². The summed E-state index contributed by atoms with van der Waals surface area (Å²) < 4.78 is 0.751. The van der Waals surface area contributed by atoms with E-state index in [2.05, 4.69) is 20.9 Å². The van der Waals surface area contributed by atoms with Crippen LogP contribution in [0.4, 0.5) is 0 Å². The van der Waals surface area contributed by atoms with Gasteiger partial charge in [-0.3, -0.25) is 9.78 Å². The van der Waals surface area contributed by atoms with Crippen LogP contribution in [0.25, 0.3) is 0 Å². The normalized spacial score (nSPS) is 12.9. The molecular weight excluding hydrogens is 246 g/mol. The second-order valence-corrected chi connectivity index (χ2v) is 4.31. The van der Waals surface area contributed by atoms with Gasteiger partial charge in [0.1, 0.15) is 0 Å². The molecule has 0 saturated heterocycles. The van der Waals surface area contributed by atoms with Crippen LogP contribution < -0.4 is 0 Å². The highest BCUT2D eigenvalue weighted by atomic mass is 79.9. The second kappa shape index (κ2) is 4.55. The average Bonchev–Trinajstić information content (AvgIpc) is 2.07. The molecule has 0 radical (unpaired) electrons. The predicted octanol–water partition coefficient (Wildman–Crippen LogP) is 2.67. The minimum atomic E-state index is -0.799. The molecule has 0 bridgehead atoms. The van der Waals surface area contributed by atoms with Gasteiger partial charge in [0.05, 0.1) is 5.92 Å². The molecular formula is C10H12BrNO2. The maximum absolute atomic E-state index is 11.1. The van der Waals surface area contributed by atoms with Crippen LogP contribution in [0.15, 0.2) is 22.9 Å². The Morgan fingerprint density at radius 2 is 2.21 bits per heavy atom. The van der Waals surface area contributed by atoms with Crippen LogP contribution in [-0.4, -0.2) is 16.1 Å². The summed E-state index contributed by atoms with van der Waals surface area (Å²) in [4.78, 5) is 15.0. The van der Waals surface area contributed by atoms with Crippen LogP contribution >= 0.6 is 15.9 Å². The summed E-state index contributed by atoms with van der Waals surface area (Å²) in [6.07, 6.45) is 3.23. The van der Waals surface area contributed by atoms with E-state index in [0.29, 0.717) is 0 Å². The lowest BCUT2D eigenvalue weighted by molar-refractivity contribution is -0.139. The predicted molar refractivity (Wildman–Crippen MR) is 57.2 cm³/mol. The molecule has 1 aromatic rings. The number of aromatic nitrogens is 1. The molecule has 3 nitrogen and oxygen atoms in total. The third-order valence-corrected chi connectivity index (χ3v) is 2.73. The van der Waals surface area contributed by atoms with E-state index in [4.69, 9.17) is 5.11 Å². The lowest BCUT2D eigenvalue weighted by Gasteiger charge is -2.17. The van der Waals surface area contributed by atoms with Gasteiger partial charge in [-0.15, -0.1) is 0 Å². The molecule has 0 fully saturated rings. The lowest BCUT2D eigenvalue weighted by atomic mass is 9.89. The molecule has 1 aromatic heterocycles. The Bertz CT molecular complexity index is 339. The minimum absolute atomic E-state index is 0.0613. The van der Waals surface area contributed by atoms with Crippen LogP contribution in [0.5, 0.6) is 0 Å². The van der Waals surface area contributed by atoms with Gasteiger partial charge >= 0.3 is 5.97 Å². The fraction of sp³-hybridized carbons (Fsp3) is 0.400. The van der Waals surface area contributed by atoms with Gasteiger partial charge < -0.3 is 5.11 Å². The van der Waals surface area contributed by atoms with E-state index in [0.717, 1.165) is 10.0 Å². The Hall–Kier alpha value is -0.900. The molecule has 1 heterocycles. The summed E-state index contributed by atoms with van der Waals surface area (Å²) in [7, 11) is 0. The van der Waals surface area contributed by atoms with Gasteiger partial charge in [0.15, 0.2) is 0 Å². The van der Waals surface area contributed by atoms with Crippen molar-refractivity contribution in [3.05, 3.63) is 28.5 Å². The van der Waals surface area contributed by atoms with E-state index in [-0.39, 0.29) is 5.92 Å². The van der Waals surface area contributed by atoms with Gasteiger partial charge in [0, 0.05) is 16.9 Å². The van der Waals surface area contributed by atoms with Crippen molar-refractivity contribution in [2.75, 3.05) is 0 Å². The van der Waals surface area contributed by atoms with E-state index in [1.54, 1.807) is 18.5 Å². The summed E-state index contributed by atoms with van der Waals surface area (Å²) >= 11 is 3.31. The van der Waals surface area contributed by atoms with Crippen LogP contribution in [0.1, 0.15) is 25.3 Å². The summed E-state index contributed by atoms with van der Waals surface area (Å²) in [5, 5.41) is 9.08. The Morgan fingerprint density at radius 3 is 2.64 bits per heavy atom. The molecule has 0 spiro atoms. The van der Waals surface area contributed by atoms with Crippen LogP contribution in [-0.2, 0) is 4.79 Å². The van der Waals surface area contributed by atoms with Crippen molar-refractivity contribution in [1.82, 2.24) is 4.98 Å². The number of rotatable bonds is 3. The molecule has 14 heavy (non-hydrogen) atoms. The summed E-state index contributed by atoms with van der Waals surface area (Å²) in [6, 6.07) is 1.74. The van der Waals surface area contributed by atoms with Crippen molar-refractivity contribution in [3.8, 4) is 0 Å². The molecule has 0 aliphatic heterocycles. The number of carboxylic acids is 1. The van der Waals surface area contributed by atoms with Crippen molar-refractivity contribution in [3.63, 3.8) is 0 Å². The highest BCUT2D eigenvalue weighted by molar-refractivity contribution is 9.10. The maximum atomic E-state index is 11.1. The zero-order chi connectivity index (χ0) is 10.7. The molecule has 0 amide bonds. The fourth-order valence-corrected chi connectivity index (χ4v) is 1.91. The quantitative estimate of drug-likeness (QED) is 0.906. The molecule has 0 saturated carbocycles. The van der Waals surface area contributed by atoms with Crippen molar-refractivity contribution in [2.24, 2.45) is 5.92 Å². The minimum Gasteiger partial charge on any atom is -0.481 e. The largest absolute Gasteiger partial charge is 0.481 e. The monoisotopic (exact) mass is 257 g/mol. The summed E-state index contributed by atoms with van der Waals surface area (Å²) in [5.41, 5.74) is 0.780. The second-order valence-electron chi connectivity index (χ2n) is 3.46. The molecule has 1 unspecified atom stereocenters. The zero-order valence-electron chi connectivity index (χ0n) is 8.07. The van der Waals surface area contributed by atoms with Crippen molar-refractivity contribution < 1.29 is 9.90 Å². The highest BCUT2D eigenvalue weighted by Crippen LogP contribution is 2.29. The Balaban J connectivity index is 3.12. The first-order valence-corrected chi connectivity index (χ1v) is 5.15. The van der Waals surface area contributed by atoms with E-state index < -0.39 is 11.9 Å². The first-order valence-electron chi connectivity index (χ1n) is 4.36. The Labute approximate surface area is 91.3 Å². The van der Waals surface area contributed by atoms with Gasteiger partial charge in [-0.1, -0.05) is 13.8 Å². The molecule has 1 atom stereocenters. The summed E-state index contributed by atoms with van der Waals surface area (Å²) in [5.74, 6) is -1.22.